The maximum absolute atomic E-state index is 10.1. The molecule has 0 fully saturated rings. The molecule has 0 saturated heterocycles. The molecule has 1 N–H and O–H groups in total. The number of hydrogen-bond acceptors (Lipinski definition) is 1. The van der Waals surface area contributed by atoms with Crippen molar-refractivity contribution >= 4 is 50.3 Å². The van der Waals surface area contributed by atoms with Crippen LogP contribution in [0.25, 0.3) is 21.9 Å². The van der Waals surface area contributed by atoms with Crippen LogP contribution in [0.4, 0.5) is 0 Å². The van der Waals surface area contributed by atoms with E-state index in [4.69, 9.17) is 0 Å². The number of halogens is 2. The summed E-state index contributed by atoms with van der Waals surface area (Å²) < 4.78 is 0. The number of rotatable bonds is 1. The Morgan fingerprint density at radius 2 is 1.35 bits per heavy atom. The molecule has 0 aromatic heterocycles. The van der Waals surface area contributed by atoms with E-state index in [9.17, 15) is 5.11 Å². The van der Waals surface area contributed by atoms with Gasteiger partial charge >= 0.3 is 49.6 Å². The van der Waals surface area contributed by atoms with Gasteiger partial charge in [0.1, 0.15) is 5.75 Å². The second-order valence-electron chi connectivity index (χ2n) is 4.15. The number of fused-ring (bicyclic) bond motifs is 1. The van der Waals surface area contributed by atoms with Gasteiger partial charge in [-0.25, -0.2) is 0 Å². The first-order chi connectivity index (χ1) is 9.77. The second kappa shape index (κ2) is 8.30. The topological polar surface area (TPSA) is 20.2 Å². The van der Waals surface area contributed by atoms with E-state index in [1.54, 1.807) is 6.07 Å². The van der Waals surface area contributed by atoms with Crippen LogP contribution in [0.15, 0.2) is 66.7 Å². The first-order valence-electron chi connectivity index (χ1n) is 6.16. The molecule has 3 aromatic rings. The number of hydrogen-bond donors (Lipinski definition) is 1. The Morgan fingerprint density at radius 3 is 2.05 bits per heavy atom. The molecule has 0 unspecified atom stereocenters. The standard InChI is InChI=1S/C16H12O.2HI.Zn/c17-15-11-10-12-6-4-5-9-14(12)16(15)13-7-2-1-3-8-13;;;/h1-11,17H;2*1H;/q;;;+2/p-2. The van der Waals surface area contributed by atoms with Crippen molar-refractivity contribution < 1.29 is 15.2 Å². The van der Waals surface area contributed by atoms with Crippen LogP contribution < -0.4 is 0 Å². The Hall–Kier alpha value is -0.197. The molecular formula is C16H12I2OZn. The first-order valence-corrected chi connectivity index (χ1v) is 24.3. The molecule has 0 radical (unpaired) electrons. The van der Waals surface area contributed by atoms with E-state index in [1.165, 1.54) is 0 Å². The van der Waals surface area contributed by atoms with Gasteiger partial charge in [0.15, 0.2) is 0 Å². The maximum atomic E-state index is 10.1. The molecule has 20 heavy (non-hydrogen) atoms. The Kier molecular flexibility index (Phi) is 6.71. The van der Waals surface area contributed by atoms with Gasteiger partial charge in [-0.3, -0.25) is 0 Å². The van der Waals surface area contributed by atoms with Gasteiger partial charge in [-0.1, -0.05) is 60.7 Å². The Labute approximate surface area is 147 Å². The molecule has 0 bridgehead atoms. The van der Waals surface area contributed by atoms with Crippen LogP contribution >= 0.6 is 39.5 Å². The molecule has 0 aliphatic carbocycles. The van der Waals surface area contributed by atoms with E-state index in [2.05, 4.69) is 45.6 Å². The van der Waals surface area contributed by atoms with Crippen LogP contribution in [0.2, 0.25) is 0 Å². The molecule has 98 valence electrons. The van der Waals surface area contributed by atoms with E-state index in [-0.39, 0.29) is 10.1 Å². The van der Waals surface area contributed by atoms with E-state index >= 15 is 0 Å². The summed E-state index contributed by atoms with van der Waals surface area (Å²) in [7, 11) is 0.0650. The predicted octanol–water partition coefficient (Wildman–Crippen LogP) is 5.98. The van der Waals surface area contributed by atoms with Gasteiger partial charge in [0.25, 0.3) is 0 Å². The van der Waals surface area contributed by atoms with Crippen molar-refractivity contribution in [1.82, 2.24) is 0 Å². The van der Waals surface area contributed by atoms with Gasteiger partial charge in [-0.2, -0.15) is 0 Å². The minimum absolute atomic E-state index is 0.0650. The zero-order valence-electron chi connectivity index (χ0n) is 10.8. The Balaban J connectivity index is 0.000000452. The number of phenols is 1. The molecule has 0 spiro atoms. The fraction of sp³-hybridized carbons (Fsp3) is 0. The molecule has 1 nitrogen and oxygen atoms in total. The number of benzene rings is 3. The quantitative estimate of drug-likeness (QED) is 0.298. The van der Waals surface area contributed by atoms with Crippen LogP contribution in [0.1, 0.15) is 0 Å². The zero-order chi connectivity index (χ0) is 14.4. The van der Waals surface area contributed by atoms with Crippen molar-refractivity contribution in [1.29, 1.82) is 0 Å². The minimum atomic E-state index is 0.0650. The van der Waals surface area contributed by atoms with Crippen molar-refractivity contribution in [2.24, 2.45) is 0 Å². The predicted molar refractivity (Wildman–Crippen MR) is 99.1 cm³/mol. The van der Waals surface area contributed by atoms with E-state index in [1.807, 2.05) is 54.6 Å². The van der Waals surface area contributed by atoms with E-state index < -0.39 is 0 Å². The molecule has 0 amide bonds. The molecule has 0 heterocycles. The second-order valence-corrected chi connectivity index (χ2v) is 27.7. The summed E-state index contributed by atoms with van der Waals surface area (Å²) in [5, 5.41) is 12.3. The molecule has 3 rings (SSSR count). The third-order valence-corrected chi connectivity index (χ3v) is 2.97. The monoisotopic (exact) mass is 538 g/mol. The normalized spacial score (nSPS) is 9.50. The van der Waals surface area contributed by atoms with Crippen LogP contribution in [0, 0.1) is 0 Å². The van der Waals surface area contributed by atoms with Gasteiger partial charge in [-0.05, 0) is 22.4 Å². The summed E-state index contributed by atoms with van der Waals surface area (Å²) in [6.45, 7) is 0. The number of phenolic OH excluding ortho intramolecular Hbond substituents is 1. The summed E-state index contributed by atoms with van der Waals surface area (Å²) in [6.07, 6.45) is 0. The first kappa shape index (κ1) is 16.2. The third kappa shape index (κ3) is 3.92. The number of aromatic hydroxyl groups is 1. The summed E-state index contributed by atoms with van der Waals surface area (Å²) in [6, 6.07) is 21.8. The Morgan fingerprint density at radius 1 is 0.750 bits per heavy atom. The van der Waals surface area contributed by atoms with Crippen molar-refractivity contribution in [2.45, 2.75) is 0 Å². The van der Waals surface area contributed by atoms with Gasteiger partial charge in [-0.15, -0.1) is 0 Å². The Bertz CT molecular complexity index is 686. The van der Waals surface area contributed by atoms with E-state index in [0.29, 0.717) is 5.75 Å². The summed E-state index contributed by atoms with van der Waals surface area (Å²) >= 11 is 4.93. The van der Waals surface area contributed by atoms with Crippen molar-refractivity contribution in [2.75, 3.05) is 0 Å². The van der Waals surface area contributed by atoms with Gasteiger partial charge < -0.3 is 5.11 Å². The molecule has 0 aliphatic rings. The van der Waals surface area contributed by atoms with Gasteiger partial charge in [0, 0.05) is 5.56 Å². The molecule has 0 saturated carbocycles. The van der Waals surface area contributed by atoms with Crippen LogP contribution in [-0.4, -0.2) is 5.11 Å². The summed E-state index contributed by atoms with van der Waals surface area (Å²) in [4.78, 5) is 0. The van der Waals surface area contributed by atoms with Gasteiger partial charge in [0.05, 0.1) is 0 Å². The molecule has 0 atom stereocenters. The van der Waals surface area contributed by atoms with Crippen molar-refractivity contribution in [3.8, 4) is 16.9 Å². The van der Waals surface area contributed by atoms with Crippen LogP contribution in [0.5, 0.6) is 5.75 Å². The van der Waals surface area contributed by atoms with Crippen molar-refractivity contribution in [3.63, 3.8) is 0 Å². The zero-order valence-corrected chi connectivity index (χ0v) is 18.0. The SMILES string of the molecule is Oc1ccc2ccccc2c1-c1ccccc1.[I][Zn][I]. The summed E-state index contributed by atoms with van der Waals surface area (Å²) in [5.41, 5.74) is 1.95. The fourth-order valence-corrected chi connectivity index (χ4v) is 2.17. The summed E-state index contributed by atoms with van der Waals surface area (Å²) in [5.74, 6) is 0.329. The average Bonchev–Trinajstić information content (AvgIpc) is 2.49. The van der Waals surface area contributed by atoms with E-state index in [0.717, 1.165) is 21.9 Å². The fourth-order valence-electron chi connectivity index (χ4n) is 2.17. The van der Waals surface area contributed by atoms with Crippen LogP contribution in [-0.2, 0) is 10.1 Å². The molecule has 0 aliphatic heterocycles. The van der Waals surface area contributed by atoms with Gasteiger partial charge in [0.2, 0.25) is 0 Å². The molecular weight excluding hydrogens is 527 g/mol. The average molecular weight is 539 g/mol. The van der Waals surface area contributed by atoms with Crippen LogP contribution in [0.3, 0.4) is 0 Å². The third-order valence-electron chi connectivity index (χ3n) is 2.97. The molecule has 4 heteroatoms. The van der Waals surface area contributed by atoms with Crippen molar-refractivity contribution in [3.05, 3.63) is 66.7 Å². The molecule has 3 aromatic carbocycles.